The molecule has 0 saturated heterocycles. The fourth-order valence-electron chi connectivity index (χ4n) is 2.97. The largest absolute Gasteiger partial charge is 0.508 e. The van der Waals surface area contributed by atoms with E-state index in [0.717, 1.165) is 0 Å². The molecule has 1 aromatic carbocycles. The first-order chi connectivity index (χ1) is 11.9. The number of anilines is 2. The normalized spacial score (nSPS) is 16.2. The van der Waals surface area contributed by atoms with Gasteiger partial charge in [0, 0.05) is 11.3 Å². The number of aromatic hydroxyl groups is 1. The highest BCUT2D eigenvalue weighted by Gasteiger charge is 2.35. The van der Waals surface area contributed by atoms with Gasteiger partial charge in [-0.2, -0.15) is 4.98 Å². The summed E-state index contributed by atoms with van der Waals surface area (Å²) >= 11 is 0. The molecular weight excluding hydrogens is 324 g/mol. The molecular formula is C17H18N4O4. The number of esters is 1. The monoisotopic (exact) mass is 342 g/mol. The molecule has 0 aliphatic carbocycles. The molecule has 0 radical (unpaired) electrons. The molecule has 3 rings (SSSR count). The summed E-state index contributed by atoms with van der Waals surface area (Å²) < 4.78 is 5.19. The summed E-state index contributed by atoms with van der Waals surface area (Å²) in [5.41, 5.74) is 7.54. The summed E-state index contributed by atoms with van der Waals surface area (Å²) in [6, 6.07) is 6.41. The summed E-state index contributed by atoms with van der Waals surface area (Å²) in [6.45, 7) is 3.66. The van der Waals surface area contributed by atoms with E-state index < -0.39 is 17.6 Å². The lowest BCUT2D eigenvalue weighted by atomic mass is 9.82. The number of nitrogen functional groups attached to an aromatic ring is 1. The summed E-state index contributed by atoms with van der Waals surface area (Å²) in [7, 11) is 0. The number of hydrogen-bond donors (Lipinski definition) is 4. The van der Waals surface area contributed by atoms with Crippen LogP contribution in [0.15, 0.2) is 40.3 Å². The van der Waals surface area contributed by atoms with Crippen molar-refractivity contribution in [2.24, 2.45) is 0 Å². The first-order valence-electron chi connectivity index (χ1n) is 7.76. The number of aromatic nitrogens is 2. The maximum absolute atomic E-state index is 12.5. The summed E-state index contributed by atoms with van der Waals surface area (Å²) in [5, 5.41) is 12.5. The quantitative estimate of drug-likeness (QED) is 0.621. The molecule has 8 heteroatoms. The second-order valence-corrected chi connectivity index (χ2v) is 5.63. The number of ether oxygens (including phenoxy) is 1. The molecule has 2 aromatic rings. The number of rotatable bonds is 3. The second kappa shape index (κ2) is 6.31. The lowest BCUT2D eigenvalue weighted by molar-refractivity contribution is -0.138. The molecule has 1 atom stereocenters. The van der Waals surface area contributed by atoms with Gasteiger partial charge in [-0.25, -0.2) is 9.59 Å². The summed E-state index contributed by atoms with van der Waals surface area (Å²) in [5.74, 6) is -0.550. The number of carbonyl (C=O) groups excluding carboxylic acids is 1. The van der Waals surface area contributed by atoms with E-state index in [1.165, 1.54) is 12.1 Å². The Morgan fingerprint density at radius 1 is 1.36 bits per heavy atom. The molecule has 8 nitrogen and oxygen atoms in total. The van der Waals surface area contributed by atoms with Gasteiger partial charge in [0.05, 0.1) is 18.1 Å². The van der Waals surface area contributed by atoms with Gasteiger partial charge in [0.15, 0.2) is 0 Å². The van der Waals surface area contributed by atoms with E-state index in [1.54, 1.807) is 26.0 Å². The van der Waals surface area contributed by atoms with E-state index in [-0.39, 0.29) is 18.2 Å². The van der Waals surface area contributed by atoms with Crippen LogP contribution in [0, 0.1) is 0 Å². The first-order valence-corrected chi connectivity index (χ1v) is 7.76. The van der Waals surface area contributed by atoms with Crippen molar-refractivity contribution in [2.75, 3.05) is 17.7 Å². The molecule has 1 aliphatic rings. The SMILES string of the molecule is CCOC(=O)C1=C(C)Nc2nc(=O)[nH]c(N)c2C1c1ccc(O)cc1. The molecule has 5 N–H and O–H groups in total. The number of phenols is 1. The Kier molecular flexibility index (Phi) is 4.18. The van der Waals surface area contributed by atoms with Gasteiger partial charge in [0.25, 0.3) is 0 Å². The van der Waals surface area contributed by atoms with E-state index in [0.29, 0.717) is 28.2 Å². The van der Waals surface area contributed by atoms with Gasteiger partial charge < -0.3 is 20.9 Å². The molecule has 0 saturated carbocycles. The Bertz CT molecular complexity index is 915. The molecule has 1 unspecified atom stereocenters. The van der Waals surface area contributed by atoms with Crippen LogP contribution in [0.4, 0.5) is 11.6 Å². The van der Waals surface area contributed by atoms with Crippen LogP contribution in [0.3, 0.4) is 0 Å². The second-order valence-electron chi connectivity index (χ2n) is 5.63. The van der Waals surface area contributed by atoms with E-state index in [2.05, 4.69) is 15.3 Å². The highest BCUT2D eigenvalue weighted by atomic mass is 16.5. The Labute approximate surface area is 143 Å². The highest BCUT2D eigenvalue weighted by molar-refractivity contribution is 5.95. The summed E-state index contributed by atoms with van der Waals surface area (Å²) in [6.07, 6.45) is 0. The van der Waals surface area contributed by atoms with Crippen LogP contribution in [0.5, 0.6) is 5.75 Å². The van der Waals surface area contributed by atoms with Crippen molar-refractivity contribution in [3.05, 3.63) is 57.1 Å². The van der Waals surface area contributed by atoms with E-state index in [4.69, 9.17) is 10.5 Å². The predicted molar refractivity (Wildman–Crippen MR) is 92.2 cm³/mol. The lowest BCUT2D eigenvalue weighted by Gasteiger charge is -2.29. The fourth-order valence-corrected chi connectivity index (χ4v) is 2.97. The number of nitrogens with zero attached hydrogens (tertiary/aromatic N) is 1. The predicted octanol–water partition coefficient (Wildman–Crippen LogP) is 1.45. The van der Waals surface area contributed by atoms with Crippen LogP contribution >= 0.6 is 0 Å². The molecule has 0 spiro atoms. The zero-order chi connectivity index (χ0) is 18.1. The van der Waals surface area contributed by atoms with E-state index in [1.807, 2.05) is 0 Å². The number of phenolic OH excluding ortho intramolecular Hbond substituents is 1. The van der Waals surface area contributed by atoms with Crippen molar-refractivity contribution in [3.63, 3.8) is 0 Å². The average molecular weight is 342 g/mol. The van der Waals surface area contributed by atoms with Gasteiger partial charge in [-0.3, -0.25) is 4.98 Å². The number of hydrogen-bond acceptors (Lipinski definition) is 7. The Hall–Kier alpha value is -3.29. The minimum Gasteiger partial charge on any atom is -0.508 e. The highest BCUT2D eigenvalue weighted by Crippen LogP contribution is 2.43. The van der Waals surface area contributed by atoms with Gasteiger partial charge in [0.1, 0.15) is 17.4 Å². The number of nitrogens with one attached hydrogen (secondary N) is 2. The maximum atomic E-state index is 12.5. The zero-order valence-electron chi connectivity index (χ0n) is 13.8. The van der Waals surface area contributed by atoms with Crippen molar-refractivity contribution in [1.82, 2.24) is 9.97 Å². The number of nitrogens with two attached hydrogens (primary N) is 1. The van der Waals surface area contributed by atoms with Crippen LogP contribution in [0.1, 0.15) is 30.9 Å². The van der Waals surface area contributed by atoms with Crippen molar-refractivity contribution >= 4 is 17.6 Å². The third-order valence-corrected chi connectivity index (χ3v) is 4.01. The molecule has 2 heterocycles. The van der Waals surface area contributed by atoms with Crippen molar-refractivity contribution in [2.45, 2.75) is 19.8 Å². The topological polar surface area (TPSA) is 130 Å². The third kappa shape index (κ3) is 2.93. The standard InChI is InChI=1S/C17H18N4O4/c1-3-25-16(23)11-8(2)19-15-13(14(18)20-17(24)21-15)12(11)9-4-6-10(22)7-5-9/h4-7,12,22H,3H2,1-2H3,(H4,18,19,20,21,24). The van der Waals surface area contributed by atoms with Crippen LogP contribution in [-0.4, -0.2) is 27.7 Å². The minimum atomic E-state index is -0.583. The number of fused-ring (bicyclic) bond motifs is 1. The number of aromatic amines is 1. The van der Waals surface area contributed by atoms with Crippen molar-refractivity contribution in [3.8, 4) is 5.75 Å². The average Bonchev–Trinajstić information content (AvgIpc) is 2.54. The minimum absolute atomic E-state index is 0.101. The van der Waals surface area contributed by atoms with E-state index in [9.17, 15) is 14.7 Å². The molecule has 130 valence electrons. The van der Waals surface area contributed by atoms with Gasteiger partial charge in [-0.15, -0.1) is 0 Å². The molecule has 0 fully saturated rings. The van der Waals surface area contributed by atoms with Crippen molar-refractivity contribution in [1.29, 1.82) is 0 Å². The zero-order valence-corrected chi connectivity index (χ0v) is 13.8. The molecule has 1 aromatic heterocycles. The Morgan fingerprint density at radius 3 is 2.68 bits per heavy atom. The molecule has 25 heavy (non-hydrogen) atoms. The third-order valence-electron chi connectivity index (χ3n) is 4.01. The van der Waals surface area contributed by atoms with Crippen LogP contribution in [0.2, 0.25) is 0 Å². The Morgan fingerprint density at radius 2 is 2.04 bits per heavy atom. The van der Waals surface area contributed by atoms with Gasteiger partial charge in [0.2, 0.25) is 0 Å². The first kappa shape index (κ1) is 16.6. The number of allylic oxidation sites excluding steroid dienone is 1. The number of carbonyl (C=O) groups is 1. The van der Waals surface area contributed by atoms with Crippen LogP contribution < -0.4 is 16.7 Å². The van der Waals surface area contributed by atoms with Crippen LogP contribution in [-0.2, 0) is 9.53 Å². The number of H-pyrrole nitrogens is 1. The van der Waals surface area contributed by atoms with Gasteiger partial charge in [-0.05, 0) is 31.5 Å². The number of benzene rings is 1. The Balaban J connectivity index is 2.26. The van der Waals surface area contributed by atoms with E-state index >= 15 is 0 Å². The molecule has 0 amide bonds. The smallest absolute Gasteiger partial charge is 0.348 e. The van der Waals surface area contributed by atoms with Gasteiger partial charge >= 0.3 is 11.7 Å². The van der Waals surface area contributed by atoms with Gasteiger partial charge in [-0.1, -0.05) is 12.1 Å². The molecule has 0 bridgehead atoms. The van der Waals surface area contributed by atoms with Crippen LogP contribution in [0.25, 0.3) is 0 Å². The van der Waals surface area contributed by atoms with Crippen molar-refractivity contribution < 1.29 is 14.6 Å². The molecule has 1 aliphatic heterocycles. The summed E-state index contributed by atoms with van der Waals surface area (Å²) in [4.78, 5) is 30.6. The fraction of sp³-hybridized carbons (Fsp3) is 0.235. The lowest BCUT2D eigenvalue weighted by Crippen LogP contribution is -2.29. The maximum Gasteiger partial charge on any atom is 0.348 e.